The monoisotopic (exact) mass is 804 g/mol. The average Bonchev–Trinajstić information content (AvgIpc) is 3.20. The average molecular weight is 805 g/mol. The maximum Gasteiger partial charge on any atom is 0.327 e. The molecule has 306 valence electrons. The molecule has 0 saturated heterocycles. The lowest BCUT2D eigenvalue weighted by Gasteiger charge is -2.29. The summed E-state index contributed by atoms with van der Waals surface area (Å²) in [5.41, 5.74) is 8.33. The molecular formula is C41H52N6O9S. The van der Waals surface area contributed by atoms with E-state index in [1.54, 1.807) is 67.6 Å². The van der Waals surface area contributed by atoms with Crippen molar-refractivity contribution in [3.05, 3.63) is 108 Å². The number of nitrogens with one attached hydrogen (secondary N) is 5. The van der Waals surface area contributed by atoms with Gasteiger partial charge in [-0.15, -0.1) is 0 Å². The Kier molecular flexibility index (Phi) is 18.7. The first-order valence-corrected chi connectivity index (χ1v) is 19.3. The molecule has 0 bridgehead atoms. The van der Waals surface area contributed by atoms with Gasteiger partial charge in [-0.1, -0.05) is 111 Å². The van der Waals surface area contributed by atoms with Crippen LogP contribution in [-0.4, -0.2) is 93.7 Å². The van der Waals surface area contributed by atoms with Gasteiger partial charge in [0, 0.05) is 25.0 Å². The summed E-state index contributed by atoms with van der Waals surface area (Å²) in [7, 11) is 0. The predicted octanol–water partition coefficient (Wildman–Crippen LogP) is 1.39. The van der Waals surface area contributed by atoms with Crippen LogP contribution in [0.5, 0.6) is 0 Å². The van der Waals surface area contributed by atoms with Gasteiger partial charge < -0.3 is 42.5 Å². The van der Waals surface area contributed by atoms with Crippen LogP contribution in [0.25, 0.3) is 0 Å². The highest BCUT2D eigenvalue weighted by molar-refractivity contribution is 7.80. The van der Waals surface area contributed by atoms with Crippen LogP contribution < -0.4 is 32.3 Å². The lowest BCUT2D eigenvalue weighted by molar-refractivity contribution is -0.141. The molecule has 0 aromatic heterocycles. The van der Waals surface area contributed by atoms with Crippen molar-refractivity contribution in [1.82, 2.24) is 26.6 Å². The lowest BCUT2D eigenvalue weighted by atomic mass is 9.96. The van der Waals surface area contributed by atoms with Crippen LogP contribution in [-0.2, 0) is 52.8 Å². The fraction of sp³-hybridized carbons (Fsp3) is 0.390. The minimum atomic E-state index is -1.50. The molecule has 57 heavy (non-hydrogen) atoms. The number of nitrogens with two attached hydrogens (primary N) is 1. The predicted molar refractivity (Wildman–Crippen MR) is 216 cm³/mol. The quantitative estimate of drug-likeness (QED) is 0.0624. The van der Waals surface area contributed by atoms with Crippen LogP contribution in [0.1, 0.15) is 49.8 Å². The molecule has 0 radical (unpaired) electrons. The highest BCUT2D eigenvalue weighted by Crippen LogP contribution is 2.13. The maximum atomic E-state index is 14.1. The van der Waals surface area contributed by atoms with Crippen LogP contribution in [0.15, 0.2) is 91.0 Å². The molecule has 0 saturated carbocycles. The molecular weight excluding hydrogens is 753 g/mol. The van der Waals surface area contributed by atoms with Gasteiger partial charge in [0.25, 0.3) is 0 Å². The second kappa shape index (κ2) is 23.4. The maximum absolute atomic E-state index is 14.1. The summed E-state index contributed by atoms with van der Waals surface area (Å²) in [6.45, 7) is 3.61. The SMILES string of the molecule is CC[C@H](C)[C@H](NC(=O)[C@@H](N)Cc1ccccc1)C(=O)N[C@@H](Cc1ccccc1)C(=O)N[C@@H](CCC(=O)O)C(=O)N[C@@H](Cc1ccccc1)C(=O)N[C@@H](CS)C(=O)O. The van der Waals surface area contributed by atoms with Crippen molar-refractivity contribution in [2.45, 2.75) is 88.6 Å². The van der Waals surface area contributed by atoms with Gasteiger partial charge >= 0.3 is 11.9 Å². The van der Waals surface area contributed by atoms with Gasteiger partial charge in [-0.25, -0.2) is 4.79 Å². The van der Waals surface area contributed by atoms with Crippen molar-refractivity contribution < 1.29 is 43.8 Å². The Morgan fingerprint density at radius 1 is 0.579 bits per heavy atom. The number of amides is 5. The molecule has 0 aliphatic heterocycles. The van der Waals surface area contributed by atoms with Crippen LogP contribution >= 0.6 is 12.6 Å². The van der Waals surface area contributed by atoms with Gasteiger partial charge in [-0.2, -0.15) is 12.6 Å². The molecule has 3 aromatic carbocycles. The summed E-state index contributed by atoms with van der Waals surface area (Å²) in [4.78, 5) is 91.8. The van der Waals surface area contributed by atoms with E-state index in [9.17, 15) is 43.8 Å². The van der Waals surface area contributed by atoms with Gasteiger partial charge in [0.05, 0.1) is 6.04 Å². The number of carbonyl (C=O) groups is 7. The molecule has 0 unspecified atom stereocenters. The molecule has 0 fully saturated rings. The Labute approximate surface area is 337 Å². The largest absolute Gasteiger partial charge is 0.481 e. The second-order valence-corrected chi connectivity index (χ2v) is 14.1. The van der Waals surface area contributed by atoms with Crippen molar-refractivity contribution in [3.63, 3.8) is 0 Å². The third kappa shape index (κ3) is 15.4. The van der Waals surface area contributed by atoms with Crippen molar-refractivity contribution in [2.75, 3.05) is 5.75 Å². The van der Waals surface area contributed by atoms with E-state index in [1.807, 2.05) is 37.3 Å². The Morgan fingerprint density at radius 3 is 1.40 bits per heavy atom. The highest BCUT2D eigenvalue weighted by atomic mass is 32.1. The minimum absolute atomic E-state index is 0.0419. The first-order valence-electron chi connectivity index (χ1n) is 18.7. The number of rotatable bonds is 23. The van der Waals surface area contributed by atoms with Crippen molar-refractivity contribution in [3.8, 4) is 0 Å². The first-order chi connectivity index (χ1) is 27.2. The zero-order valence-corrected chi connectivity index (χ0v) is 32.8. The number of benzene rings is 3. The van der Waals surface area contributed by atoms with Gasteiger partial charge in [0.15, 0.2) is 0 Å². The summed E-state index contributed by atoms with van der Waals surface area (Å²) in [5, 5.41) is 32.0. The summed E-state index contributed by atoms with van der Waals surface area (Å²) in [6.07, 6.45) is -0.337. The van der Waals surface area contributed by atoms with E-state index < -0.39 is 90.6 Å². The summed E-state index contributed by atoms with van der Waals surface area (Å²) >= 11 is 3.99. The fourth-order valence-corrected chi connectivity index (χ4v) is 6.09. The van der Waals surface area contributed by atoms with E-state index >= 15 is 0 Å². The zero-order chi connectivity index (χ0) is 41.9. The standard InChI is InChI=1S/C41H52N6O9S/c1-3-25(2)35(47-36(50)29(42)21-26-13-7-4-8-14-26)40(54)45-32(23-28-17-11-6-12-18-28)38(52)43-30(19-20-34(48)49)37(51)44-31(22-27-15-9-5-10-16-27)39(53)46-33(24-57)41(55)56/h4-18,25,29-33,35,57H,3,19-24,42H2,1-2H3,(H,43,52)(H,44,51)(H,45,54)(H,46,53)(H,47,50)(H,48,49)(H,55,56)/t25-,29-,30-,31-,32-,33-,35-/m0/s1. The van der Waals surface area contributed by atoms with Gasteiger partial charge in [-0.3, -0.25) is 28.8 Å². The number of aliphatic carboxylic acids is 2. The molecule has 16 heteroatoms. The first kappa shape index (κ1) is 45.6. The fourth-order valence-electron chi connectivity index (χ4n) is 5.84. The molecule has 0 aliphatic carbocycles. The molecule has 0 aliphatic rings. The Hall–Kier alpha value is -5.74. The Bertz CT molecular complexity index is 1800. The van der Waals surface area contributed by atoms with E-state index in [2.05, 4.69) is 39.2 Å². The van der Waals surface area contributed by atoms with Crippen LogP contribution in [0.4, 0.5) is 0 Å². The third-order valence-electron chi connectivity index (χ3n) is 9.34. The van der Waals surface area contributed by atoms with Crippen LogP contribution in [0.3, 0.4) is 0 Å². The number of carbonyl (C=O) groups excluding carboxylic acids is 5. The van der Waals surface area contributed by atoms with E-state index in [0.29, 0.717) is 17.5 Å². The summed E-state index contributed by atoms with van der Waals surface area (Å²) < 4.78 is 0. The normalized spacial score (nSPS) is 14.6. The van der Waals surface area contributed by atoms with Crippen LogP contribution in [0.2, 0.25) is 0 Å². The lowest BCUT2D eigenvalue weighted by Crippen LogP contribution is -2.60. The molecule has 3 rings (SSSR count). The molecule has 7 atom stereocenters. The van der Waals surface area contributed by atoms with E-state index in [1.165, 1.54) is 0 Å². The van der Waals surface area contributed by atoms with Crippen LogP contribution in [0, 0.1) is 5.92 Å². The minimum Gasteiger partial charge on any atom is -0.481 e. The van der Waals surface area contributed by atoms with E-state index in [-0.39, 0.29) is 30.9 Å². The molecule has 9 N–H and O–H groups in total. The Morgan fingerprint density at radius 2 is 0.982 bits per heavy atom. The van der Waals surface area contributed by atoms with Gasteiger partial charge in [0.2, 0.25) is 29.5 Å². The van der Waals surface area contributed by atoms with Crippen molar-refractivity contribution in [1.29, 1.82) is 0 Å². The zero-order valence-electron chi connectivity index (χ0n) is 31.9. The number of carboxylic acid groups (broad SMARTS) is 2. The molecule has 15 nitrogen and oxygen atoms in total. The van der Waals surface area contributed by atoms with Crippen molar-refractivity contribution in [2.24, 2.45) is 11.7 Å². The van der Waals surface area contributed by atoms with Gasteiger partial charge in [0.1, 0.15) is 30.2 Å². The van der Waals surface area contributed by atoms with Crippen molar-refractivity contribution >= 4 is 54.1 Å². The molecule has 3 aromatic rings. The number of carboxylic acids is 2. The second-order valence-electron chi connectivity index (χ2n) is 13.7. The molecule has 5 amide bonds. The highest BCUT2D eigenvalue weighted by Gasteiger charge is 2.34. The molecule has 0 heterocycles. The summed E-state index contributed by atoms with van der Waals surface area (Å²) in [5.74, 6) is -7.05. The number of hydrogen-bond donors (Lipinski definition) is 9. The van der Waals surface area contributed by atoms with E-state index in [0.717, 1.165) is 5.56 Å². The van der Waals surface area contributed by atoms with Gasteiger partial charge in [-0.05, 0) is 35.4 Å². The summed E-state index contributed by atoms with van der Waals surface area (Å²) in [6, 6.07) is 18.9. The third-order valence-corrected chi connectivity index (χ3v) is 9.70. The van der Waals surface area contributed by atoms with E-state index in [4.69, 9.17) is 5.73 Å². The Balaban J connectivity index is 1.88. The molecule has 0 spiro atoms. The topological polar surface area (TPSA) is 246 Å². The number of hydrogen-bond acceptors (Lipinski definition) is 9. The smallest absolute Gasteiger partial charge is 0.327 e. The number of thiol groups is 1.